The van der Waals surface area contributed by atoms with Crippen LogP contribution in [0, 0.1) is 0 Å². The average molecular weight is 226 g/mol. The lowest BCUT2D eigenvalue weighted by atomic mass is 10.3. The number of aromatic carboxylic acids is 1. The van der Waals surface area contributed by atoms with E-state index in [0.29, 0.717) is 13.2 Å². The van der Waals surface area contributed by atoms with Gasteiger partial charge in [0.05, 0.1) is 0 Å². The van der Waals surface area contributed by atoms with Gasteiger partial charge in [-0.1, -0.05) is 0 Å². The van der Waals surface area contributed by atoms with Gasteiger partial charge in [-0.05, 0) is 18.9 Å². The molecule has 0 fully saturated rings. The van der Waals surface area contributed by atoms with Crippen molar-refractivity contribution in [3.05, 3.63) is 28.2 Å². The predicted molar refractivity (Wildman–Crippen MR) is 56.6 cm³/mol. The third-order valence-corrected chi connectivity index (χ3v) is 2.05. The number of nitrogens with zero attached hydrogens (tertiary/aromatic N) is 2. The van der Waals surface area contributed by atoms with Gasteiger partial charge in [-0.3, -0.25) is 4.79 Å². The largest absolute Gasteiger partial charge is 0.476 e. The van der Waals surface area contributed by atoms with Crippen LogP contribution in [-0.4, -0.2) is 34.6 Å². The molecule has 6 nitrogen and oxygen atoms in total. The summed E-state index contributed by atoms with van der Waals surface area (Å²) in [7, 11) is 1.61. The highest BCUT2D eigenvalue weighted by atomic mass is 16.5. The first-order valence-electron chi connectivity index (χ1n) is 4.95. The van der Waals surface area contributed by atoms with Crippen LogP contribution in [0.25, 0.3) is 0 Å². The minimum absolute atomic E-state index is 0.119. The van der Waals surface area contributed by atoms with Crippen molar-refractivity contribution < 1.29 is 14.6 Å². The molecule has 0 radical (unpaired) electrons. The van der Waals surface area contributed by atoms with E-state index in [1.54, 1.807) is 7.11 Å². The Morgan fingerprint density at radius 3 is 2.88 bits per heavy atom. The highest BCUT2D eigenvalue weighted by Gasteiger charge is 2.06. The molecule has 88 valence electrons. The maximum absolute atomic E-state index is 11.3. The van der Waals surface area contributed by atoms with Gasteiger partial charge in [0, 0.05) is 26.3 Å². The fraction of sp³-hybridized carbons (Fsp3) is 0.500. The highest BCUT2D eigenvalue weighted by Crippen LogP contribution is 1.94. The standard InChI is InChI=1S/C10H14N2O4/c1-16-7-3-2-6-12-9(13)5-4-8(11-12)10(14)15/h4-5H,2-3,6-7H2,1H3,(H,14,15). The maximum Gasteiger partial charge on any atom is 0.356 e. The number of hydrogen-bond acceptors (Lipinski definition) is 4. The summed E-state index contributed by atoms with van der Waals surface area (Å²) < 4.78 is 6.04. The molecule has 0 atom stereocenters. The summed E-state index contributed by atoms with van der Waals surface area (Å²) >= 11 is 0. The summed E-state index contributed by atoms with van der Waals surface area (Å²) in [5.41, 5.74) is -0.409. The van der Waals surface area contributed by atoms with E-state index in [0.717, 1.165) is 12.8 Å². The second-order valence-corrected chi connectivity index (χ2v) is 3.29. The van der Waals surface area contributed by atoms with Crippen LogP contribution in [0.5, 0.6) is 0 Å². The summed E-state index contributed by atoms with van der Waals surface area (Å²) in [4.78, 5) is 22.0. The molecule has 1 heterocycles. The molecule has 1 aromatic heterocycles. The van der Waals surface area contributed by atoms with Crippen molar-refractivity contribution in [2.24, 2.45) is 0 Å². The minimum Gasteiger partial charge on any atom is -0.476 e. The van der Waals surface area contributed by atoms with Gasteiger partial charge in [0.2, 0.25) is 0 Å². The number of aryl methyl sites for hydroxylation is 1. The first-order valence-corrected chi connectivity index (χ1v) is 4.95. The lowest BCUT2D eigenvalue weighted by Gasteiger charge is -2.04. The Labute approximate surface area is 92.5 Å². The first kappa shape index (κ1) is 12.4. The molecule has 0 aliphatic heterocycles. The molecule has 0 spiro atoms. The van der Waals surface area contributed by atoms with Crippen LogP contribution in [0.15, 0.2) is 16.9 Å². The van der Waals surface area contributed by atoms with E-state index in [1.807, 2.05) is 0 Å². The molecule has 1 rings (SSSR count). The van der Waals surface area contributed by atoms with Crippen LogP contribution in [0.4, 0.5) is 0 Å². The van der Waals surface area contributed by atoms with Crippen molar-refractivity contribution >= 4 is 5.97 Å². The Bertz CT molecular complexity index is 414. The van der Waals surface area contributed by atoms with Gasteiger partial charge in [-0.15, -0.1) is 0 Å². The first-order chi connectivity index (χ1) is 7.65. The van der Waals surface area contributed by atoms with Crippen molar-refractivity contribution in [3.63, 3.8) is 0 Å². The Hall–Kier alpha value is -1.69. The number of methoxy groups -OCH3 is 1. The zero-order valence-corrected chi connectivity index (χ0v) is 9.05. The molecule has 0 saturated carbocycles. The summed E-state index contributed by atoms with van der Waals surface area (Å²) in [5, 5.41) is 12.4. The average Bonchev–Trinajstić information content (AvgIpc) is 2.26. The third-order valence-electron chi connectivity index (χ3n) is 2.05. The van der Waals surface area contributed by atoms with Crippen molar-refractivity contribution in [1.82, 2.24) is 9.78 Å². The smallest absolute Gasteiger partial charge is 0.356 e. The molecule has 0 aromatic carbocycles. The number of carboxylic acids is 1. The molecule has 0 aliphatic rings. The van der Waals surface area contributed by atoms with Crippen molar-refractivity contribution in [3.8, 4) is 0 Å². The summed E-state index contributed by atoms with van der Waals surface area (Å²) in [6, 6.07) is 2.42. The molecule has 16 heavy (non-hydrogen) atoms. The molecule has 0 saturated heterocycles. The fourth-order valence-electron chi connectivity index (χ4n) is 1.23. The van der Waals surface area contributed by atoms with E-state index in [2.05, 4.69) is 5.10 Å². The van der Waals surface area contributed by atoms with E-state index in [1.165, 1.54) is 16.8 Å². The van der Waals surface area contributed by atoms with Crippen molar-refractivity contribution in [2.45, 2.75) is 19.4 Å². The summed E-state index contributed by atoms with van der Waals surface area (Å²) in [6.07, 6.45) is 1.53. The maximum atomic E-state index is 11.3. The van der Waals surface area contributed by atoms with Crippen LogP contribution in [0.2, 0.25) is 0 Å². The third kappa shape index (κ3) is 3.47. The number of aromatic nitrogens is 2. The van der Waals surface area contributed by atoms with E-state index >= 15 is 0 Å². The number of ether oxygens (including phenoxy) is 1. The zero-order valence-electron chi connectivity index (χ0n) is 9.05. The van der Waals surface area contributed by atoms with Crippen LogP contribution in [-0.2, 0) is 11.3 Å². The van der Waals surface area contributed by atoms with Crippen LogP contribution < -0.4 is 5.56 Å². The number of rotatable bonds is 6. The van der Waals surface area contributed by atoms with Crippen LogP contribution in [0.3, 0.4) is 0 Å². The zero-order chi connectivity index (χ0) is 12.0. The van der Waals surface area contributed by atoms with Gasteiger partial charge in [-0.25, -0.2) is 9.48 Å². The van der Waals surface area contributed by atoms with Gasteiger partial charge >= 0.3 is 5.97 Å². The van der Waals surface area contributed by atoms with Gasteiger partial charge in [0.15, 0.2) is 5.69 Å². The van der Waals surface area contributed by atoms with E-state index < -0.39 is 5.97 Å². The minimum atomic E-state index is -1.13. The Morgan fingerprint density at radius 1 is 1.50 bits per heavy atom. The topological polar surface area (TPSA) is 81.4 Å². The summed E-state index contributed by atoms with van der Waals surface area (Å²) in [6.45, 7) is 1.02. The molecule has 0 unspecified atom stereocenters. The van der Waals surface area contributed by atoms with Crippen molar-refractivity contribution in [1.29, 1.82) is 0 Å². The van der Waals surface area contributed by atoms with E-state index in [9.17, 15) is 9.59 Å². The molecular weight excluding hydrogens is 212 g/mol. The Kier molecular flexibility index (Phi) is 4.65. The number of unbranched alkanes of at least 4 members (excludes halogenated alkanes) is 1. The van der Waals surface area contributed by atoms with E-state index in [4.69, 9.17) is 9.84 Å². The lowest BCUT2D eigenvalue weighted by molar-refractivity contribution is 0.0687. The van der Waals surface area contributed by atoms with Gasteiger partial charge in [0.1, 0.15) is 0 Å². The molecule has 0 amide bonds. The van der Waals surface area contributed by atoms with Gasteiger partial charge in [-0.2, -0.15) is 5.10 Å². The monoisotopic (exact) mass is 226 g/mol. The number of hydrogen-bond donors (Lipinski definition) is 1. The van der Waals surface area contributed by atoms with Crippen LogP contribution in [0.1, 0.15) is 23.3 Å². The Morgan fingerprint density at radius 2 is 2.25 bits per heavy atom. The predicted octanol–water partition coefficient (Wildman–Crippen LogP) is 0.368. The number of carbonyl (C=O) groups is 1. The SMILES string of the molecule is COCCCCn1nc(C(=O)O)ccc1=O. The Balaban J connectivity index is 2.67. The molecule has 0 aliphatic carbocycles. The molecule has 1 aromatic rings. The lowest BCUT2D eigenvalue weighted by Crippen LogP contribution is -2.24. The normalized spacial score (nSPS) is 10.3. The molecule has 6 heteroatoms. The quantitative estimate of drug-likeness (QED) is 0.708. The van der Waals surface area contributed by atoms with Gasteiger partial charge in [0.25, 0.3) is 5.56 Å². The highest BCUT2D eigenvalue weighted by molar-refractivity contribution is 5.84. The van der Waals surface area contributed by atoms with E-state index in [-0.39, 0.29) is 11.3 Å². The molecule has 1 N–H and O–H groups in total. The summed E-state index contributed by atoms with van der Waals surface area (Å²) in [5.74, 6) is -1.13. The van der Waals surface area contributed by atoms with Crippen LogP contribution >= 0.6 is 0 Å². The second-order valence-electron chi connectivity index (χ2n) is 3.29. The fourth-order valence-corrected chi connectivity index (χ4v) is 1.23. The number of carboxylic acid groups (broad SMARTS) is 1. The molecular formula is C10H14N2O4. The molecule has 0 bridgehead atoms. The van der Waals surface area contributed by atoms with Gasteiger partial charge < -0.3 is 9.84 Å². The van der Waals surface area contributed by atoms with Crippen molar-refractivity contribution in [2.75, 3.05) is 13.7 Å². The second kappa shape index (κ2) is 6.02.